The Morgan fingerprint density at radius 3 is 1.15 bits per heavy atom. The Hall–Kier alpha value is -1.27. The molecule has 0 atom stereocenters. The molecule has 4 rings (SSSR count). The Morgan fingerprint density at radius 2 is 0.941 bits per heavy atom. The zero-order valence-electron chi connectivity index (χ0n) is 21.3. The molecule has 2 aromatic carbocycles. The van der Waals surface area contributed by atoms with Crippen LogP contribution in [0.3, 0.4) is 0 Å². The predicted octanol–water partition coefficient (Wildman–Crippen LogP) is 9.09. The molecule has 0 unspecified atom stereocenters. The van der Waals surface area contributed by atoms with Crippen molar-refractivity contribution >= 4 is 28.0 Å². The second-order valence-corrected chi connectivity index (χ2v) is 11.2. The van der Waals surface area contributed by atoms with Crippen molar-refractivity contribution in [2.24, 2.45) is 10.8 Å². The maximum absolute atomic E-state index is 3.30. The van der Waals surface area contributed by atoms with Crippen LogP contribution in [0.2, 0.25) is 0 Å². The maximum atomic E-state index is 3.30. The molecule has 0 amide bonds. The van der Waals surface area contributed by atoms with Gasteiger partial charge in [0.05, 0.1) is 0 Å². The molecule has 2 aliphatic rings. The standard InChI is InChI=1S/C13H10.2C9H13.2ClH.Zr/c1-3-7-12(8-4-1)11-13-9-5-2-6-10-13;2*1-9(2,3)8-6-4-5-7-8;;;/h1-10H;2*4,6H,5H2,1-3H3;2*1H;/q;2*-1;;;+2. The van der Waals surface area contributed by atoms with Gasteiger partial charge in [0.2, 0.25) is 0 Å². The van der Waals surface area contributed by atoms with Crippen LogP contribution in [0, 0.1) is 23.0 Å². The summed E-state index contributed by atoms with van der Waals surface area (Å²) < 4.78 is 1.42. The van der Waals surface area contributed by atoms with E-state index in [0.29, 0.717) is 10.8 Å². The van der Waals surface area contributed by atoms with Gasteiger partial charge >= 0.3 is 99.2 Å². The van der Waals surface area contributed by atoms with Crippen LogP contribution in [0.25, 0.3) is 0 Å². The van der Waals surface area contributed by atoms with Gasteiger partial charge in [-0.1, -0.05) is 41.5 Å². The van der Waals surface area contributed by atoms with E-state index >= 15 is 0 Å². The fourth-order valence-corrected chi connectivity index (χ4v) is 4.04. The Bertz CT molecular complexity index is 902. The van der Waals surface area contributed by atoms with Gasteiger partial charge in [0.1, 0.15) is 0 Å². The first-order valence-corrected chi connectivity index (χ1v) is 12.6. The summed E-state index contributed by atoms with van der Waals surface area (Å²) in [5.74, 6) is 0. The Balaban J connectivity index is 0.000000485. The summed E-state index contributed by atoms with van der Waals surface area (Å²) in [5.41, 5.74) is 5.96. The number of hydrogen-bond acceptors (Lipinski definition) is 0. The minimum absolute atomic E-state index is 0. The molecule has 0 bridgehead atoms. The molecule has 0 aliphatic heterocycles. The van der Waals surface area contributed by atoms with Crippen LogP contribution in [0.1, 0.15) is 65.5 Å². The summed E-state index contributed by atoms with van der Waals surface area (Å²) in [5, 5.41) is 0. The Kier molecular flexibility index (Phi) is 15.1. The van der Waals surface area contributed by atoms with E-state index in [9.17, 15) is 0 Å². The molecule has 0 nitrogen and oxygen atoms in total. The van der Waals surface area contributed by atoms with Gasteiger partial charge in [-0.3, -0.25) is 12.2 Å². The van der Waals surface area contributed by atoms with Crippen molar-refractivity contribution in [3.8, 4) is 0 Å². The quantitative estimate of drug-likeness (QED) is 0.315. The van der Waals surface area contributed by atoms with E-state index in [2.05, 4.69) is 139 Å². The molecule has 34 heavy (non-hydrogen) atoms. The van der Waals surface area contributed by atoms with E-state index in [1.807, 2.05) is 0 Å². The van der Waals surface area contributed by atoms with Crippen LogP contribution >= 0.6 is 24.8 Å². The van der Waals surface area contributed by atoms with Crippen molar-refractivity contribution in [3.63, 3.8) is 0 Å². The summed E-state index contributed by atoms with van der Waals surface area (Å²) >= 11 is 1.46. The summed E-state index contributed by atoms with van der Waals surface area (Å²) in [6.07, 6.45) is 17.3. The zero-order valence-corrected chi connectivity index (χ0v) is 25.4. The molecule has 3 heteroatoms. The molecule has 0 aromatic heterocycles. The van der Waals surface area contributed by atoms with Crippen molar-refractivity contribution in [3.05, 3.63) is 119 Å². The van der Waals surface area contributed by atoms with E-state index < -0.39 is 0 Å². The first kappa shape index (κ1) is 32.7. The fraction of sp³-hybridized carbons (Fsp3) is 0.323. The van der Waals surface area contributed by atoms with Crippen molar-refractivity contribution in [1.82, 2.24) is 0 Å². The Morgan fingerprint density at radius 1 is 0.618 bits per heavy atom. The van der Waals surface area contributed by atoms with Crippen LogP contribution in [-0.4, -0.2) is 3.21 Å². The number of halogens is 2. The first-order valence-electron chi connectivity index (χ1n) is 11.3. The molecular formula is C31H38Cl2Zr. The van der Waals surface area contributed by atoms with Crippen molar-refractivity contribution in [1.29, 1.82) is 0 Å². The SMILES string of the molecule is CC(C)(C)C1=[C-]CC=C1.CC(C)(C)C1=[C-]CC=C1.Cl.Cl.[Zr+2]=[C](c1ccccc1)c1ccccc1. The molecule has 2 aromatic rings. The first-order chi connectivity index (χ1) is 15.1. The summed E-state index contributed by atoms with van der Waals surface area (Å²) in [7, 11) is 0. The second kappa shape index (κ2) is 15.7. The van der Waals surface area contributed by atoms with E-state index in [1.165, 1.54) is 49.7 Å². The summed E-state index contributed by atoms with van der Waals surface area (Å²) in [4.78, 5) is 0. The van der Waals surface area contributed by atoms with E-state index in [4.69, 9.17) is 0 Å². The average Bonchev–Trinajstić information content (AvgIpc) is 3.49. The van der Waals surface area contributed by atoms with Gasteiger partial charge in [0, 0.05) is 0 Å². The molecule has 180 valence electrons. The van der Waals surface area contributed by atoms with Crippen LogP contribution in [0.15, 0.2) is 96.1 Å². The van der Waals surface area contributed by atoms with Gasteiger partial charge in [-0.25, -0.2) is 23.3 Å². The third kappa shape index (κ3) is 11.4. The van der Waals surface area contributed by atoms with Crippen LogP contribution in [0.5, 0.6) is 0 Å². The predicted molar refractivity (Wildman–Crippen MR) is 151 cm³/mol. The second-order valence-electron chi connectivity index (χ2n) is 10.0. The molecular weight excluding hydrogens is 534 g/mol. The zero-order chi connectivity index (χ0) is 23.6. The van der Waals surface area contributed by atoms with E-state index in [1.54, 1.807) is 0 Å². The van der Waals surface area contributed by atoms with Gasteiger partial charge in [-0.2, -0.15) is 12.2 Å². The topological polar surface area (TPSA) is 0 Å². The molecule has 0 radical (unpaired) electrons. The molecule has 0 saturated carbocycles. The third-order valence-corrected chi connectivity index (χ3v) is 6.55. The molecule has 2 aliphatic carbocycles. The van der Waals surface area contributed by atoms with Gasteiger partial charge in [-0.15, -0.1) is 37.7 Å². The minimum atomic E-state index is 0. The van der Waals surface area contributed by atoms with Crippen molar-refractivity contribution in [2.75, 3.05) is 0 Å². The van der Waals surface area contributed by atoms with E-state index in [-0.39, 0.29) is 24.8 Å². The molecule has 0 saturated heterocycles. The number of rotatable bonds is 2. The van der Waals surface area contributed by atoms with Crippen molar-refractivity contribution in [2.45, 2.75) is 54.4 Å². The molecule has 0 fully saturated rings. The van der Waals surface area contributed by atoms with Crippen LogP contribution in [-0.2, 0) is 24.2 Å². The fourth-order valence-electron chi connectivity index (χ4n) is 3.22. The number of allylic oxidation sites excluding steroid dienone is 8. The normalized spacial score (nSPS) is 13.8. The number of benzene rings is 2. The van der Waals surface area contributed by atoms with Crippen LogP contribution in [0.4, 0.5) is 0 Å². The van der Waals surface area contributed by atoms with Crippen LogP contribution < -0.4 is 0 Å². The molecule has 0 heterocycles. The van der Waals surface area contributed by atoms with Gasteiger partial charge < -0.3 is 0 Å². The Labute approximate surface area is 235 Å². The van der Waals surface area contributed by atoms with E-state index in [0.717, 1.165) is 12.8 Å². The van der Waals surface area contributed by atoms with Gasteiger partial charge in [0.15, 0.2) is 0 Å². The third-order valence-electron chi connectivity index (χ3n) is 5.13. The average molecular weight is 573 g/mol. The van der Waals surface area contributed by atoms with Gasteiger partial charge in [0.25, 0.3) is 0 Å². The molecule has 0 spiro atoms. The number of hydrogen-bond donors (Lipinski definition) is 0. The monoisotopic (exact) mass is 570 g/mol. The summed E-state index contributed by atoms with van der Waals surface area (Å²) in [6.45, 7) is 13.3. The van der Waals surface area contributed by atoms with Gasteiger partial charge in [-0.05, 0) is 10.8 Å². The summed E-state index contributed by atoms with van der Waals surface area (Å²) in [6, 6.07) is 21.1. The van der Waals surface area contributed by atoms with Crippen molar-refractivity contribution < 1.29 is 24.2 Å². The molecule has 0 N–H and O–H groups in total.